The van der Waals surface area contributed by atoms with Gasteiger partial charge in [-0.3, -0.25) is 10.2 Å². The van der Waals surface area contributed by atoms with Crippen LogP contribution < -0.4 is 5.73 Å². The summed E-state index contributed by atoms with van der Waals surface area (Å²) in [5, 5.41) is 8.15. The van der Waals surface area contributed by atoms with E-state index in [1.165, 1.54) is 19.0 Å². The molecule has 0 aromatic heterocycles. The summed E-state index contributed by atoms with van der Waals surface area (Å²) in [4.78, 5) is 15.6. The summed E-state index contributed by atoms with van der Waals surface area (Å²) in [5.74, 6) is 0.290. The van der Waals surface area contributed by atoms with Gasteiger partial charge in [0.15, 0.2) is 0 Å². The molecule has 1 saturated carbocycles. The fourth-order valence-electron chi connectivity index (χ4n) is 2.61. The number of hydrogen-bond donors (Lipinski definition) is 2. The Balaban J connectivity index is 2.33. The van der Waals surface area contributed by atoms with Crippen LogP contribution in [-0.4, -0.2) is 41.7 Å². The van der Waals surface area contributed by atoms with Crippen molar-refractivity contribution in [2.75, 3.05) is 14.1 Å². The van der Waals surface area contributed by atoms with E-state index in [1.807, 2.05) is 4.90 Å². The smallest absolute Gasteiger partial charge is 0.270 e. The van der Waals surface area contributed by atoms with E-state index >= 15 is 0 Å². The Kier molecular flexibility index (Phi) is 3.41. The minimum absolute atomic E-state index is 0.0662. The molecule has 2 rings (SSSR count). The third-order valence-corrected chi connectivity index (χ3v) is 3.56. The number of nitrogens with two attached hydrogens (primary N) is 1. The maximum Gasteiger partial charge on any atom is 0.270 e. The molecule has 1 heterocycles. The fourth-order valence-corrected chi connectivity index (χ4v) is 2.61. The summed E-state index contributed by atoms with van der Waals surface area (Å²) in [5.41, 5.74) is 6.73. The number of amides is 1. The highest BCUT2D eigenvalue weighted by molar-refractivity contribution is 6.10. The van der Waals surface area contributed by atoms with Crippen LogP contribution in [0.25, 0.3) is 0 Å². The first-order valence-electron chi connectivity index (χ1n) is 6.29. The van der Waals surface area contributed by atoms with Gasteiger partial charge in [-0.25, -0.2) is 0 Å². The van der Waals surface area contributed by atoms with Gasteiger partial charge in [0.25, 0.3) is 5.91 Å². The van der Waals surface area contributed by atoms with Gasteiger partial charge in [-0.1, -0.05) is 12.8 Å². The lowest BCUT2D eigenvalue weighted by Gasteiger charge is -2.29. The highest BCUT2D eigenvalue weighted by Gasteiger charge is 2.36. The monoisotopic (exact) mass is 248 g/mol. The average Bonchev–Trinajstić information content (AvgIpc) is 2.94. The molecule has 1 amide bonds. The Morgan fingerprint density at radius 2 is 2.11 bits per heavy atom. The van der Waals surface area contributed by atoms with Crippen molar-refractivity contribution in [2.45, 2.75) is 31.7 Å². The van der Waals surface area contributed by atoms with E-state index in [4.69, 9.17) is 11.1 Å². The molecule has 1 aliphatic heterocycles. The molecule has 1 fully saturated rings. The molecule has 0 aromatic carbocycles. The van der Waals surface area contributed by atoms with Gasteiger partial charge in [-0.2, -0.15) is 0 Å². The molecule has 0 spiro atoms. The van der Waals surface area contributed by atoms with Crippen molar-refractivity contribution >= 4 is 11.7 Å². The molecule has 98 valence electrons. The standard InChI is InChI=1S/C13H20N4O/c1-16(2)13(18)11-7-9(8-14)12(15)17(11)10-5-3-4-6-10/h7-8,10,15H,3-6,14H2,1-2H3/b9-8-,15-12?. The topological polar surface area (TPSA) is 73.4 Å². The molecule has 0 unspecified atom stereocenters. The van der Waals surface area contributed by atoms with E-state index in [0.29, 0.717) is 17.1 Å². The first kappa shape index (κ1) is 12.7. The third kappa shape index (κ3) is 2.00. The number of rotatable bonds is 2. The zero-order chi connectivity index (χ0) is 13.3. The lowest BCUT2D eigenvalue weighted by Crippen LogP contribution is -2.40. The van der Waals surface area contributed by atoms with Gasteiger partial charge in [0.1, 0.15) is 11.5 Å². The minimum Gasteiger partial charge on any atom is -0.404 e. The second kappa shape index (κ2) is 4.84. The van der Waals surface area contributed by atoms with Gasteiger partial charge >= 0.3 is 0 Å². The van der Waals surface area contributed by atoms with Gasteiger partial charge in [0.05, 0.1) is 0 Å². The van der Waals surface area contributed by atoms with Gasteiger partial charge in [0.2, 0.25) is 0 Å². The highest BCUT2D eigenvalue weighted by Crippen LogP contribution is 2.32. The van der Waals surface area contributed by atoms with Crippen molar-refractivity contribution in [1.82, 2.24) is 9.80 Å². The van der Waals surface area contributed by atoms with E-state index in [9.17, 15) is 4.79 Å². The van der Waals surface area contributed by atoms with Gasteiger partial charge in [0, 0.05) is 31.9 Å². The number of carbonyl (C=O) groups excluding carboxylic acids is 1. The molecule has 0 aromatic rings. The van der Waals surface area contributed by atoms with Crippen LogP contribution in [0.5, 0.6) is 0 Å². The van der Waals surface area contributed by atoms with Crippen LogP contribution in [0.3, 0.4) is 0 Å². The van der Waals surface area contributed by atoms with Crippen LogP contribution in [0, 0.1) is 5.41 Å². The quantitative estimate of drug-likeness (QED) is 0.766. The average molecular weight is 248 g/mol. The van der Waals surface area contributed by atoms with E-state index in [1.54, 1.807) is 25.1 Å². The highest BCUT2D eigenvalue weighted by atomic mass is 16.2. The molecule has 1 aliphatic carbocycles. The molecular weight excluding hydrogens is 228 g/mol. The van der Waals surface area contributed by atoms with Crippen LogP contribution >= 0.6 is 0 Å². The van der Waals surface area contributed by atoms with Crippen molar-refractivity contribution in [3.05, 3.63) is 23.5 Å². The molecule has 3 N–H and O–H groups in total. The SMILES string of the molecule is CN(C)C(=O)C1=C/C(=C/N)C(=N)N1C1CCCC1. The second-order valence-electron chi connectivity index (χ2n) is 5.01. The molecular formula is C13H20N4O. The number of carbonyl (C=O) groups is 1. The van der Waals surface area contributed by atoms with Gasteiger partial charge < -0.3 is 15.5 Å². The lowest BCUT2D eigenvalue weighted by molar-refractivity contribution is -0.126. The van der Waals surface area contributed by atoms with E-state index in [2.05, 4.69) is 0 Å². The lowest BCUT2D eigenvalue weighted by atomic mass is 10.2. The van der Waals surface area contributed by atoms with Gasteiger partial charge in [-0.05, 0) is 18.9 Å². The molecule has 18 heavy (non-hydrogen) atoms. The molecule has 5 nitrogen and oxygen atoms in total. The Morgan fingerprint density at radius 1 is 1.50 bits per heavy atom. The molecule has 5 heteroatoms. The molecule has 0 atom stereocenters. The molecule has 0 bridgehead atoms. The predicted molar refractivity (Wildman–Crippen MR) is 70.9 cm³/mol. The van der Waals surface area contributed by atoms with Crippen LogP contribution in [0.15, 0.2) is 23.5 Å². The van der Waals surface area contributed by atoms with E-state index < -0.39 is 0 Å². The van der Waals surface area contributed by atoms with Crippen molar-refractivity contribution in [1.29, 1.82) is 5.41 Å². The maximum atomic E-state index is 12.2. The first-order chi connectivity index (χ1) is 8.56. The fraction of sp³-hybridized carbons (Fsp3) is 0.538. The van der Waals surface area contributed by atoms with Crippen molar-refractivity contribution < 1.29 is 4.79 Å². The first-order valence-corrected chi connectivity index (χ1v) is 6.29. The Hall–Kier alpha value is -1.78. The van der Waals surface area contributed by atoms with Crippen LogP contribution in [0.2, 0.25) is 0 Å². The number of nitrogens with one attached hydrogen (secondary N) is 1. The van der Waals surface area contributed by atoms with Crippen molar-refractivity contribution in [3.63, 3.8) is 0 Å². The number of hydrogen-bond acceptors (Lipinski definition) is 3. The molecule has 0 radical (unpaired) electrons. The van der Waals surface area contributed by atoms with E-state index in [0.717, 1.165) is 12.8 Å². The Morgan fingerprint density at radius 3 is 2.61 bits per heavy atom. The summed E-state index contributed by atoms with van der Waals surface area (Å²) < 4.78 is 0. The van der Waals surface area contributed by atoms with E-state index in [-0.39, 0.29) is 11.9 Å². The summed E-state index contributed by atoms with van der Waals surface area (Å²) >= 11 is 0. The van der Waals surface area contributed by atoms with Gasteiger partial charge in [-0.15, -0.1) is 0 Å². The molecule has 2 aliphatic rings. The Labute approximate surface area is 107 Å². The normalized spacial score (nSPS) is 22.8. The van der Waals surface area contributed by atoms with Crippen molar-refractivity contribution in [2.24, 2.45) is 5.73 Å². The van der Waals surface area contributed by atoms with Crippen LogP contribution in [0.1, 0.15) is 25.7 Å². The largest absolute Gasteiger partial charge is 0.404 e. The summed E-state index contributed by atoms with van der Waals surface area (Å²) in [6.45, 7) is 0. The summed E-state index contributed by atoms with van der Waals surface area (Å²) in [6, 6.07) is 0.269. The van der Waals surface area contributed by atoms with Crippen molar-refractivity contribution in [3.8, 4) is 0 Å². The zero-order valence-corrected chi connectivity index (χ0v) is 10.9. The number of nitrogens with zero attached hydrogens (tertiary/aromatic N) is 2. The second-order valence-corrected chi connectivity index (χ2v) is 5.01. The third-order valence-electron chi connectivity index (χ3n) is 3.56. The summed E-state index contributed by atoms with van der Waals surface area (Å²) in [7, 11) is 3.45. The number of amidine groups is 1. The number of likely N-dealkylation sites (N-methyl/N-ethyl adjacent to an activating group) is 1. The minimum atomic E-state index is -0.0662. The van der Waals surface area contributed by atoms with Crippen LogP contribution in [0.4, 0.5) is 0 Å². The predicted octanol–water partition coefficient (Wildman–Crippen LogP) is 1.04. The molecule has 0 saturated heterocycles. The Bertz CT molecular complexity index is 428. The zero-order valence-electron chi connectivity index (χ0n) is 10.9. The van der Waals surface area contributed by atoms with Crippen LogP contribution in [-0.2, 0) is 4.79 Å². The summed E-state index contributed by atoms with van der Waals surface area (Å²) in [6.07, 6.45) is 7.54. The maximum absolute atomic E-state index is 12.2.